The molecule has 0 rings (SSSR count). The van der Waals surface area contributed by atoms with Gasteiger partial charge in [0, 0.05) is 49.6 Å². The molecule has 0 spiro atoms. The van der Waals surface area contributed by atoms with Crippen molar-refractivity contribution in [1.29, 1.82) is 0 Å². The van der Waals surface area contributed by atoms with Gasteiger partial charge >= 0.3 is 83.8 Å². The Morgan fingerprint density at radius 2 is 0.655 bits per heavy atom. The summed E-state index contributed by atoms with van der Waals surface area (Å²) >= 11 is 0. The molecule has 0 saturated carbocycles. The molecular formula is C12H10CaMg2O14. The SMILES string of the molecule is O=C([O-])CC(O)(CC(=O)[O-])C(=O)[O-].O=C([O-])CC(O)(CC(=O)[O-])C(=O)[O-].[Ca+2].[Mg+2].[Mg+2]. The zero-order valence-electron chi connectivity index (χ0n) is 14.7. The maximum absolute atomic E-state index is 10.1. The van der Waals surface area contributed by atoms with Crippen LogP contribution in [0.15, 0.2) is 0 Å². The number of carboxylic acid groups (broad SMARTS) is 6. The predicted molar refractivity (Wildman–Crippen MR) is 75.7 cm³/mol. The first-order valence-electron chi connectivity index (χ1n) is 6.23. The molecule has 0 bridgehead atoms. The Kier molecular flexibility index (Phi) is 23.2. The van der Waals surface area contributed by atoms with Crippen LogP contribution >= 0.6 is 0 Å². The first-order chi connectivity index (χ1) is 11.6. The predicted octanol–water partition coefficient (Wildman–Crippen LogP) is -11.6. The van der Waals surface area contributed by atoms with Crippen LogP contribution in [0.5, 0.6) is 0 Å². The summed E-state index contributed by atoms with van der Waals surface area (Å²) in [4.78, 5) is 60.0. The molecule has 17 heteroatoms. The third-order valence-electron chi connectivity index (χ3n) is 2.51. The second-order valence-electron chi connectivity index (χ2n) is 4.83. The third-order valence-corrected chi connectivity index (χ3v) is 2.51. The molecule has 0 heterocycles. The summed E-state index contributed by atoms with van der Waals surface area (Å²) in [7, 11) is 0. The van der Waals surface area contributed by atoms with Crippen molar-refractivity contribution in [3.8, 4) is 0 Å². The number of carbonyl (C=O) groups is 6. The van der Waals surface area contributed by atoms with E-state index in [1.807, 2.05) is 0 Å². The van der Waals surface area contributed by atoms with E-state index >= 15 is 0 Å². The topological polar surface area (TPSA) is 281 Å². The Labute approximate surface area is 224 Å². The van der Waals surface area contributed by atoms with Crippen molar-refractivity contribution >= 4 is 120 Å². The molecule has 0 aromatic rings. The fourth-order valence-corrected chi connectivity index (χ4v) is 1.37. The molecule has 0 atom stereocenters. The minimum absolute atomic E-state index is 0. The first-order valence-corrected chi connectivity index (χ1v) is 6.23. The van der Waals surface area contributed by atoms with Crippen LogP contribution in [0, 0.1) is 0 Å². The molecule has 0 aliphatic carbocycles. The van der Waals surface area contributed by atoms with Gasteiger partial charge in [0.25, 0.3) is 0 Å². The first kappa shape index (κ1) is 39.1. The van der Waals surface area contributed by atoms with Gasteiger partial charge in [0.05, 0.1) is 11.9 Å². The number of hydrogen-bond acceptors (Lipinski definition) is 14. The molecule has 0 aromatic heterocycles. The van der Waals surface area contributed by atoms with Crippen molar-refractivity contribution in [1.82, 2.24) is 0 Å². The standard InChI is InChI=1S/2C6H8O7.Ca.2Mg/c2*7-3(8)1-6(13,5(11)12)2-4(9)10;;;/h2*13H,1-2H2,(H,7,8)(H,9,10)(H,11,12);;;/q;;3*+2/p-6. The quantitative estimate of drug-likeness (QED) is 0.282. The minimum Gasteiger partial charge on any atom is -0.550 e. The molecule has 14 nitrogen and oxygen atoms in total. The van der Waals surface area contributed by atoms with Gasteiger partial charge in [-0.2, -0.15) is 0 Å². The molecule has 0 fully saturated rings. The molecule has 2 N–H and O–H groups in total. The van der Waals surface area contributed by atoms with E-state index in [1.165, 1.54) is 0 Å². The average molecular weight is 467 g/mol. The molecular weight excluding hydrogens is 457 g/mol. The Hall–Kier alpha value is -0.468. The summed E-state index contributed by atoms with van der Waals surface area (Å²) in [5.74, 6) is -12.0. The van der Waals surface area contributed by atoms with E-state index in [4.69, 9.17) is 10.2 Å². The Morgan fingerprint density at radius 3 is 0.724 bits per heavy atom. The second-order valence-corrected chi connectivity index (χ2v) is 4.83. The van der Waals surface area contributed by atoms with E-state index in [-0.39, 0.29) is 83.8 Å². The van der Waals surface area contributed by atoms with E-state index in [0.717, 1.165) is 0 Å². The fraction of sp³-hybridized carbons (Fsp3) is 0.500. The molecule has 0 unspecified atom stereocenters. The van der Waals surface area contributed by atoms with Crippen LogP contribution in [0.2, 0.25) is 0 Å². The third kappa shape index (κ3) is 18.1. The van der Waals surface area contributed by atoms with Crippen LogP contribution in [0.4, 0.5) is 0 Å². The van der Waals surface area contributed by atoms with Gasteiger partial charge in [-0.05, 0) is 0 Å². The van der Waals surface area contributed by atoms with Gasteiger partial charge in [-0.15, -0.1) is 0 Å². The normalized spacial score (nSPS) is 9.72. The van der Waals surface area contributed by atoms with Gasteiger partial charge in [0.15, 0.2) is 0 Å². The van der Waals surface area contributed by atoms with Crippen LogP contribution in [-0.4, -0.2) is 141 Å². The maximum atomic E-state index is 10.1. The molecule has 0 aliphatic rings. The summed E-state index contributed by atoms with van der Waals surface area (Å²) in [6, 6.07) is 0. The average Bonchev–Trinajstić information content (AvgIpc) is 2.34. The van der Waals surface area contributed by atoms with Gasteiger partial charge in [-0.1, -0.05) is 0 Å². The van der Waals surface area contributed by atoms with Crippen LogP contribution < -0.4 is 30.6 Å². The van der Waals surface area contributed by atoms with Crippen LogP contribution in [0.25, 0.3) is 0 Å². The Balaban J connectivity index is -0.000000120. The zero-order chi connectivity index (χ0) is 21.3. The molecule has 0 aromatic carbocycles. The van der Waals surface area contributed by atoms with Gasteiger partial charge in [-0.25, -0.2) is 0 Å². The summed E-state index contributed by atoms with van der Waals surface area (Å²) in [6.07, 6.45) is -5.43. The van der Waals surface area contributed by atoms with Crippen molar-refractivity contribution in [3.63, 3.8) is 0 Å². The summed E-state index contributed by atoms with van der Waals surface area (Å²) < 4.78 is 0. The van der Waals surface area contributed by atoms with E-state index in [1.54, 1.807) is 0 Å². The number of rotatable bonds is 10. The Morgan fingerprint density at radius 1 is 0.517 bits per heavy atom. The summed E-state index contributed by atoms with van der Waals surface area (Å²) in [5, 5.41) is 77.9. The van der Waals surface area contributed by atoms with Crippen LogP contribution in [0.1, 0.15) is 25.7 Å². The van der Waals surface area contributed by atoms with Crippen molar-refractivity contribution in [2.45, 2.75) is 36.9 Å². The summed E-state index contributed by atoms with van der Waals surface area (Å²) in [6.45, 7) is 0. The van der Waals surface area contributed by atoms with E-state index in [2.05, 4.69) is 0 Å². The van der Waals surface area contributed by atoms with Crippen LogP contribution in [0.3, 0.4) is 0 Å². The number of aliphatic carboxylic acids is 6. The molecule has 0 saturated heterocycles. The zero-order valence-corrected chi connectivity index (χ0v) is 19.8. The number of hydrogen-bond donors (Lipinski definition) is 2. The van der Waals surface area contributed by atoms with Crippen LogP contribution in [-0.2, 0) is 28.8 Å². The largest absolute Gasteiger partial charge is 2.00 e. The van der Waals surface area contributed by atoms with Gasteiger partial charge in [0.2, 0.25) is 0 Å². The molecule has 0 aliphatic heterocycles. The van der Waals surface area contributed by atoms with E-state index < -0.39 is 72.7 Å². The molecule has 0 amide bonds. The van der Waals surface area contributed by atoms with Gasteiger partial charge < -0.3 is 69.6 Å². The Bertz CT molecular complexity index is 523. The second kappa shape index (κ2) is 17.2. The van der Waals surface area contributed by atoms with E-state index in [0.29, 0.717) is 0 Å². The fourth-order valence-electron chi connectivity index (χ4n) is 1.37. The van der Waals surface area contributed by atoms with Crippen molar-refractivity contribution < 1.29 is 69.6 Å². The van der Waals surface area contributed by atoms with Crippen molar-refractivity contribution in [2.75, 3.05) is 0 Å². The molecule has 29 heavy (non-hydrogen) atoms. The van der Waals surface area contributed by atoms with E-state index in [9.17, 15) is 59.4 Å². The number of carbonyl (C=O) groups excluding carboxylic acids is 6. The smallest absolute Gasteiger partial charge is 0.550 e. The van der Waals surface area contributed by atoms with Crippen molar-refractivity contribution in [2.24, 2.45) is 0 Å². The van der Waals surface area contributed by atoms with Crippen molar-refractivity contribution in [3.05, 3.63) is 0 Å². The van der Waals surface area contributed by atoms with Gasteiger partial charge in [-0.3, -0.25) is 0 Å². The number of aliphatic hydroxyl groups is 2. The monoisotopic (exact) mass is 466 g/mol. The van der Waals surface area contributed by atoms with Gasteiger partial charge in [0.1, 0.15) is 11.2 Å². The minimum atomic E-state index is -2.97. The molecule has 0 radical (unpaired) electrons. The number of carboxylic acids is 6. The maximum Gasteiger partial charge on any atom is 2.00 e. The summed E-state index contributed by atoms with van der Waals surface area (Å²) in [5.41, 5.74) is -5.95. The molecule has 148 valence electrons.